The quantitative estimate of drug-likeness (QED) is 0.287. The van der Waals surface area contributed by atoms with Gasteiger partial charge in [0.15, 0.2) is 11.5 Å². The maximum Gasteiger partial charge on any atom is 0.182 e. The van der Waals surface area contributed by atoms with E-state index < -0.39 is 6.35 Å². The second-order valence-corrected chi connectivity index (χ2v) is 1.82. The van der Waals surface area contributed by atoms with Gasteiger partial charge < -0.3 is 15.7 Å². The van der Waals surface area contributed by atoms with E-state index in [1.54, 1.807) is 14.1 Å². The topological polar surface area (TPSA) is 56.3 Å². The van der Waals surface area contributed by atoms with Crippen molar-refractivity contribution in [2.45, 2.75) is 6.35 Å². The summed E-state index contributed by atoms with van der Waals surface area (Å²) in [5, 5.41) is 17.0. The van der Waals surface area contributed by atoms with Crippen LogP contribution in [0.25, 0.3) is 0 Å². The summed E-state index contributed by atoms with van der Waals surface area (Å²) >= 11 is 4.68. The largest absolute Gasteiger partial charge is 0.366 e. The van der Waals surface area contributed by atoms with E-state index in [1.807, 2.05) is 0 Å². The van der Waals surface area contributed by atoms with Crippen molar-refractivity contribution in [3.05, 3.63) is 0 Å². The fourth-order valence-electron chi connectivity index (χ4n) is 0.269. The molecule has 1 unspecified atom stereocenters. The number of aliphatic hydroxyl groups excluding tert-OH is 1. The Bertz CT molecular complexity index is 97.8. The summed E-state index contributed by atoms with van der Waals surface area (Å²) in [6.45, 7) is 0. The molecule has 0 radical (unpaired) electrons. The molecular formula is C4H11N3OS. The summed E-state index contributed by atoms with van der Waals surface area (Å²) in [7, 11) is 3.30. The molecule has 54 valence electrons. The van der Waals surface area contributed by atoms with Crippen LogP contribution in [0.1, 0.15) is 0 Å². The molecule has 0 spiro atoms. The standard InChI is InChI=1S/C4H11N3OS/c1-5-3(8)7-4(9)6-2/h3,5,8H,1-2H3,(H2,6,7,9). The molecular weight excluding hydrogens is 138 g/mol. The molecule has 0 saturated carbocycles. The van der Waals surface area contributed by atoms with E-state index in [1.165, 1.54) is 0 Å². The Morgan fingerprint density at radius 3 is 2.44 bits per heavy atom. The third-order valence-corrected chi connectivity index (χ3v) is 1.09. The zero-order chi connectivity index (χ0) is 7.28. The van der Waals surface area contributed by atoms with Crippen molar-refractivity contribution in [1.29, 1.82) is 0 Å². The highest BCUT2D eigenvalue weighted by Crippen LogP contribution is 1.66. The molecule has 0 aromatic carbocycles. The second kappa shape index (κ2) is 4.49. The number of aliphatic hydroxyl groups is 1. The monoisotopic (exact) mass is 149 g/mol. The van der Waals surface area contributed by atoms with E-state index in [0.717, 1.165) is 0 Å². The molecule has 0 rings (SSSR count). The SMILES string of the molecule is CNC(=S)NC(O)NC. The number of hydrogen-bond donors (Lipinski definition) is 4. The average Bonchev–Trinajstić information content (AvgIpc) is 1.87. The lowest BCUT2D eigenvalue weighted by Gasteiger charge is -2.12. The Balaban J connectivity index is 3.34. The van der Waals surface area contributed by atoms with Gasteiger partial charge in [-0.2, -0.15) is 0 Å². The van der Waals surface area contributed by atoms with Gasteiger partial charge in [0.25, 0.3) is 0 Å². The van der Waals surface area contributed by atoms with E-state index >= 15 is 0 Å². The van der Waals surface area contributed by atoms with Gasteiger partial charge in [-0.15, -0.1) is 0 Å². The highest BCUT2D eigenvalue weighted by Gasteiger charge is 1.97. The Morgan fingerprint density at radius 1 is 1.56 bits per heavy atom. The minimum Gasteiger partial charge on any atom is -0.366 e. The number of rotatable bonds is 2. The molecule has 0 saturated heterocycles. The van der Waals surface area contributed by atoms with E-state index in [2.05, 4.69) is 28.2 Å². The lowest BCUT2D eigenvalue weighted by molar-refractivity contribution is 0.132. The van der Waals surface area contributed by atoms with Crippen LogP contribution in [-0.2, 0) is 0 Å². The average molecular weight is 149 g/mol. The third kappa shape index (κ3) is 4.14. The van der Waals surface area contributed by atoms with Gasteiger partial charge in [0.1, 0.15) is 0 Å². The summed E-state index contributed by atoms with van der Waals surface area (Å²) in [6.07, 6.45) is -0.773. The molecule has 0 aromatic rings. The van der Waals surface area contributed by atoms with Crippen LogP contribution < -0.4 is 16.0 Å². The van der Waals surface area contributed by atoms with Crippen LogP contribution in [0.4, 0.5) is 0 Å². The summed E-state index contributed by atoms with van der Waals surface area (Å²) in [5.41, 5.74) is 0. The van der Waals surface area contributed by atoms with Gasteiger partial charge in [0.2, 0.25) is 0 Å². The molecule has 9 heavy (non-hydrogen) atoms. The second-order valence-electron chi connectivity index (χ2n) is 1.41. The molecule has 0 aliphatic rings. The maximum absolute atomic E-state index is 8.81. The molecule has 1 atom stereocenters. The van der Waals surface area contributed by atoms with Crippen molar-refractivity contribution < 1.29 is 5.11 Å². The smallest absolute Gasteiger partial charge is 0.182 e. The zero-order valence-corrected chi connectivity index (χ0v) is 6.25. The highest BCUT2D eigenvalue weighted by molar-refractivity contribution is 7.80. The van der Waals surface area contributed by atoms with Crippen LogP contribution in [0, 0.1) is 0 Å². The predicted octanol–water partition coefficient (Wildman–Crippen LogP) is -1.42. The first-order valence-electron chi connectivity index (χ1n) is 2.54. The van der Waals surface area contributed by atoms with Gasteiger partial charge in [-0.25, -0.2) is 0 Å². The molecule has 0 aromatic heterocycles. The zero-order valence-electron chi connectivity index (χ0n) is 5.43. The van der Waals surface area contributed by atoms with Crippen molar-refractivity contribution in [2.24, 2.45) is 0 Å². The third-order valence-electron chi connectivity index (χ3n) is 0.768. The van der Waals surface area contributed by atoms with E-state index in [0.29, 0.717) is 5.11 Å². The first-order chi connectivity index (χ1) is 4.20. The van der Waals surface area contributed by atoms with Crippen LogP contribution in [0.2, 0.25) is 0 Å². The van der Waals surface area contributed by atoms with Crippen LogP contribution >= 0.6 is 12.2 Å². The number of nitrogens with one attached hydrogen (secondary N) is 3. The van der Waals surface area contributed by atoms with Crippen molar-refractivity contribution in [1.82, 2.24) is 16.0 Å². The molecule has 0 amide bonds. The molecule has 0 fully saturated rings. The first-order valence-corrected chi connectivity index (χ1v) is 2.95. The van der Waals surface area contributed by atoms with E-state index in [9.17, 15) is 0 Å². The van der Waals surface area contributed by atoms with Crippen LogP contribution in [0.5, 0.6) is 0 Å². The van der Waals surface area contributed by atoms with Crippen molar-refractivity contribution in [3.8, 4) is 0 Å². The van der Waals surface area contributed by atoms with E-state index in [-0.39, 0.29) is 0 Å². The molecule has 0 heterocycles. The minimum atomic E-state index is -0.773. The van der Waals surface area contributed by atoms with E-state index in [4.69, 9.17) is 5.11 Å². The summed E-state index contributed by atoms with van der Waals surface area (Å²) in [4.78, 5) is 0. The van der Waals surface area contributed by atoms with Crippen molar-refractivity contribution in [3.63, 3.8) is 0 Å². The Kier molecular flexibility index (Phi) is 4.29. The minimum absolute atomic E-state index is 0.414. The predicted molar refractivity (Wildman–Crippen MR) is 39.9 cm³/mol. The lowest BCUT2D eigenvalue weighted by Crippen LogP contribution is -2.46. The van der Waals surface area contributed by atoms with Gasteiger partial charge in [0, 0.05) is 7.05 Å². The van der Waals surface area contributed by atoms with Crippen molar-refractivity contribution in [2.75, 3.05) is 14.1 Å². The van der Waals surface area contributed by atoms with Crippen LogP contribution in [0.3, 0.4) is 0 Å². The lowest BCUT2D eigenvalue weighted by atomic mass is 10.8. The Hall–Kier alpha value is -0.390. The molecule has 4 nitrogen and oxygen atoms in total. The Labute approximate surface area is 59.6 Å². The van der Waals surface area contributed by atoms with Gasteiger partial charge in [-0.1, -0.05) is 0 Å². The normalized spacial score (nSPS) is 12.3. The summed E-state index contributed by atoms with van der Waals surface area (Å²) in [6, 6.07) is 0. The molecule has 4 N–H and O–H groups in total. The summed E-state index contributed by atoms with van der Waals surface area (Å²) in [5.74, 6) is 0. The maximum atomic E-state index is 8.81. The van der Waals surface area contributed by atoms with Crippen LogP contribution in [0.15, 0.2) is 0 Å². The van der Waals surface area contributed by atoms with Crippen molar-refractivity contribution >= 4 is 17.3 Å². The highest BCUT2D eigenvalue weighted by atomic mass is 32.1. The molecule has 0 aliphatic carbocycles. The fourth-order valence-corrected chi connectivity index (χ4v) is 0.380. The van der Waals surface area contributed by atoms with Gasteiger partial charge in [0.05, 0.1) is 0 Å². The Morgan fingerprint density at radius 2 is 2.11 bits per heavy atom. The molecule has 0 bridgehead atoms. The number of hydrogen-bond acceptors (Lipinski definition) is 3. The van der Waals surface area contributed by atoms with Crippen LogP contribution in [-0.4, -0.2) is 30.7 Å². The van der Waals surface area contributed by atoms with Gasteiger partial charge in [-0.3, -0.25) is 5.32 Å². The number of thiocarbonyl (C=S) groups is 1. The summed E-state index contributed by atoms with van der Waals surface area (Å²) < 4.78 is 0. The van der Waals surface area contributed by atoms with Gasteiger partial charge >= 0.3 is 0 Å². The molecule has 5 heteroatoms. The van der Waals surface area contributed by atoms with Gasteiger partial charge in [-0.05, 0) is 19.3 Å². The molecule has 0 aliphatic heterocycles. The fraction of sp³-hybridized carbons (Fsp3) is 0.750. The first kappa shape index (κ1) is 8.61.